The molecule has 13 rings (SSSR count). The highest BCUT2D eigenvalue weighted by Gasteiger charge is 2.48. The number of phenolic OH excluding ortho intramolecular Hbond substituents is 2. The van der Waals surface area contributed by atoms with Crippen LogP contribution in [0.2, 0.25) is 0 Å². The second kappa shape index (κ2) is 13.4. The van der Waals surface area contributed by atoms with Gasteiger partial charge in [-0.3, -0.25) is 0 Å². The molecule has 294 valence electrons. The number of hydrogen-bond acceptors (Lipinski definition) is 2. The predicted octanol–water partition coefficient (Wildman–Crippen LogP) is 15.7. The third kappa shape index (κ3) is 5.13. The lowest BCUT2D eigenvalue weighted by atomic mass is 9.67. The van der Waals surface area contributed by atoms with E-state index in [1.54, 1.807) is 12.1 Å². The number of rotatable bonds is 4. The molecule has 0 atom stereocenters. The van der Waals surface area contributed by atoms with Crippen molar-refractivity contribution < 1.29 is 10.2 Å². The fraction of sp³-hybridized carbons (Fsp3) is 0.0164. The van der Waals surface area contributed by atoms with Crippen molar-refractivity contribution in [1.82, 2.24) is 0 Å². The first kappa shape index (κ1) is 35.5. The van der Waals surface area contributed by atoms with Gasteiger partial charge in [-0.2, -0.15) is 0 Å². The lowest BCUT2D eigenvalue weighted by molar-refractivity contribution is 0.475. The summed E-state index contributed by atoms with van der Waals surface area (Å²) in [5.41, 5.74) is 11.1. The van der Waals surface area contributed by atoms with E-state index in [2.05, 4.69) is 182 Å². The second-order valence-electron chi connectivity index (χ2n) is 17.1. The van der Waals surface area contributed by atoms with Gasteiger partial charge in [-0.15, -0.1) is 0 Å². The third-order valence-corrected chi connectivity index (χ3v) is 13.8. The Bertz CT molecular complexity index is 3640. The van der Waals surface area contributed by atoms with Crippen molar-refractivity contribution >= 4 is 64.6 Å². The van der Waals surface area contributed by atoms with E-state index in [1.807, 2.05) is 24.3 Å². The summed E-state index contributed by atoms with van der Waals surface area (Å²) in [7, 11) is 0. The molecule has 63 heavy (non-hydrogen) atoms. The van der Waals surface area contributed by atoms with Gasteiger partial charge in [0.2, 0.25) is 0 Å². The number of benzene rings is 12. The highest BCUT2D eigenvalue weighted by Crippen LogP contribution is 2.61. The molecule has 0 aromatic heterocycles. The maximum atomic E-state index is 10.6. The van der Waals surface area contributed by atoms with E-state index in [0.29, 0.717) is 0 Å². The van der Waals surface area contributed by atoms with Crippen molar-refractivity contribution in [3.63, 3.8) is 0 Å². The zero-order valence-electron chi connectivity index (χ0n) is 34.2. The standard InChI is InChI=1S/C61H38O2/c62-45-29-25-37-31-43(27-23-39(37)33-45)61(44-28-24-40-34-46(63)30-26-38(40)32-44)57-21-9-19-53(55-35-41-11-1-3-13-47(41)49-15-5-7-17-51(49)55)59(57)60-54(20-10-22-58(60)61)56-36-42-12-2-4-14-48(42)50-16-6-8-18-52(50)56/h1-36,62-63H. The van der Waals surface area contributed by atoms with Gasteiger partial charge in [0.05, 0.1) is 5.41 Å². The van der Waals surface area contributed by atoms with Crippen molar-refractivity contribution in [2.24, 2.45) is 0 Å². The Morgan fingerprint density at radius 1 is 0.254 bits per heavy atom. The summed E-state index contributed by atoms with van der Waals surface area (Å²) in [5.74, 6) is 0.498. The molecule has 0 amide bonds. The highest BCUT2D eigenvalue weighted by atomic mass is 16.3. The molecule has 0 heterocycles. The van der Waals surface area contributed by atoms with Crippen molar-refractivity contribution in [2.45, 2.75) is 5.41 Å². The Hall–Kier alpha value is -8.20. The molecule has 0 spiro atoms. The first-order valence-corrected chi connectivity index (χ1v) is 21.6. The van der Waals surface area contributed by atoms with Gasteiger partial charge in [-0.1, -0.05) is 170 Å². The summed E-state index contributed by atoms with van der Waals surface area (Å²) < 4.78 is 0. The van der Waals surface area contributed by atoms with Gasteiger partial charge in [0.25, 0.3) is 0 Å². The Kier molecular flexibility index (Phi) is 7.56. The van der Waals surface area contributed by atoms with Crippen LogP contribution in [0, 0.1) is 0 Å². The monoisotopic (exact) mass is 802 g/mol. The van der Waals surface area contributed by atoms with Crippen molar-refractivity contribution in [3.8, 4) is 44.9 Å². The highest BCUT2D eigenvalue weighted by molar-refractivity contribution is 6.18. The van der Waals surface area contributed by atoms with Crippen LogP contribution in [-0.2, 0) is 5.41 Å². The van der Waals surface area contributed by atoms with E-state index in [0.717, 1.165) is 32.7 Å². The molecule has 2 N–H and O–H groups in total. The van der Waals surface area contributed by atoms with Gasteiger partial charge in [0.1, 0.15) is 11.5 Å². The zero-order valence-corrected chi connectivity index (χ0v) is 34.2. The quantitative estimate of drug-likeness (QED) is 0.174. The molecule has 1 aliphatic carbocycles. The average Bonchev–Trinajstić information content (AvgIpc) is 3.65. The molecule has 12 aromatic rings. The lowest BCUT2D eigenvalue weighted by Gasteiger charge is -2.34. The van der Waals surface area contributed by atoms with E-state index in [9.17, 15) is 10.2 Å². The number of aromatic hydroxyl groups is 2. The topological polar surface area (TPSA) is 40.5 Å². The SMILES string of the molecule is Oc1ccc2cc(C3(c4ccc5cc(O)ccc5c4)c4cccc(-c5cc6ccccc6c6ccccc56)c4-c4c(-c5cc6ccccc6c6ccccc56)cccc43)ccc2c1. The van der Waals surface area contributed by atoms with Crippen LogP contribution in [-0.4, -0.2) is 10.2 Å². The summed E-state index contributed by atoms with van der Waals surface area (Å²) in [6, 6.07) is 78.6. The number of hydrogen-bond donors (Lipinski definition) is 2. The summed E-state index contributed by atoms with van der Waals surface area (Å²) in [6.07, 6.45) is 0. The van der Waals surface area contributed by atoms with Crippen LogP contribution in [0.1, 0.15) is 22.3 Å². The smallest absolute Gasteiger partial charge is 0.116 e. The number of fused-ring (bicyclic) bond motifs is 11. The van der Waals surface area contributed by atoms with E-state index >= 15 is 0 Å². The molecule has 0 bridgehead atoms. The third-order valence-electron chi connectivity index (χ3n) is 13.8. The van der Waals surface area contributed by atoms with Gasteiger partial charge in [0, 0.05) is 0 Å². The Morgan fingerprint density at radius 2 is 0.635 bits per heavy atom. The summed E-state index contributed by atoms with van der Waals surface area (Å²) in [5, 5.41) is 35.0. The second-order valence-corrected chi connectivity index (χ2v) is 17.1. The predicted molar refractivity (Wildman–Crippen MR) is 263 cm³/mol. The Labute approximate surface area is 364 Å². The van der Waals surface area contributed by atoms with E-state index in [4.69, 9.17) is 0 Å². The molecule has 2 heteroatoms. The van der Waals surface area contributed by atoms with Crippen LogP contribution in [0.25, 0.3) is 98.0 Å². The first-order chi connectivity index (χ1) is 31.0. The average molecular weight is 803 g/mol. The molecule has 0 unspecified atom stereocenters. The summed E-state index contributed by atoms with van der Waals surface area (Å²) >= 11 is 0. The van der Waals surface area contributed by atoms with Gasteiger partial charge in [0.15, 0.2) is 0 Å². The Morgan fingerprint density at radius 3 is 1.10 bits per heavy atom. The molecule has 2 nitrogen and oxygen atoms in total. The minimum absolute atomic E-state index is 0.249. The van der Waals surface area contributed by atoms with Crippen molar-refractivity contribution in [1.29, 1.82) is 0 Å². The molecule has 0 saturated heterocycles. The van der Waals surface area contributed by atoms with Gasteiger partial charge in [-0.25, -0.2) is 0 Å². The normalized spacial score (nSPS) is 13.0. The number of phenols is 2. The molecule has 0 fully saturated rings. The maximum Gasteiger partial charge on any atom is 0.116 e. The van der Waals surface area contributed by atoms with E-state index in [-0.39, 0.29) is 11.5 Å². The van der Waals surface area contributed by atoms with E-state index in [1.165, 1.54) is 87.6 Å². The lowest BCUT2D eigenvalue weighted by Crippen LogP contribution is -2.28. The first-order valence-electron chi connectivity index (χ1n) is 21.6. The van der Waals surface area contributed by atoms with Gasteiger partial charge < -0.3 is 10.2 Å². The molecular weight excluding hydrogens is 765 g/mol. The molecule has 0 radical (unpaired) electrons. The van der Waals surface area contributed by atoms with Crippen LogP contribution in [0.15, 0.2) is 218 Å². The maximum absolute atomic E-state index is 10.6. The largest absolute Gasteiger partial charge is 0.508 e. The molecular formula is C61H38O2. The minimum Gasteiger partial charge on any atom is -0.508 e. The molecule has 0 aliphatic heterocycles. The fourth-order valence-electron chi connectivity index (χ4n) is 11.1. The summed E-state index contributed by atoms with van der Waals surface area (Å²) in [6.45, 7) is 0. The van der Waals surface area contributed by atoms with Crippen LogP contribution in [0.5, 0.6) is 11.5 Å². The summed E-state index contributed by atoms with van der Waals surface area (Å²) in [4.78, 5) is 0. The minimum atomic E-state index is -0.770. The molecule has 12 aromatic carbocycles. The van der Waals surface area contributed by atoms with Crippen molar-refractivity contribution in [3.05, 3.63) is 241 Å². The molecule has 0 saturated carbocycles. The van der Waals surface area contributed by atoms with Crippen LogP contribution < -0.4 is 0 Å². The van der Waals surface area contributed by atoms with Crippen LogP contribution in [0.4, 0.5) is 0 Å². The van der Waals surface area contributed by atoms with Gasteiger partial charge >= 0.3 is 0 Å². The van der Waals surface area contributed by atoms with Crippen LogP contribution in [0.3, 0.4) is 0 Å². The van der Waals surface area contributed by atoms with Crippen molar-refractivity contribution in [2.75, 3.05) is 0 Å². The van der Waals surface area contributed by atoms with Crippen LogP contribution >= 0.6 is 0 Å². The zero-order chi connectivity index (χ0) is 41.8. The fourth-order valence-corrected chi connectivity index (χ4v) is 11.1. The molecule has 1 aliphatic rings. The van der Waals surface area contributed by atoms with Gasteiger partial charge in [-0.05, 0) is 169 Å². The Balaban J connectivity index is 1.23. The van der Waals surface area contributed by atoms with E-state index < -0.39 is 5.41 Å².